The third-order valence-corrected chi connectivity index (χ3v) is 7.18. The molecule has 4 rings (SSSR count). The van der Waals surface area contributed by atoms with Crippen molar-refractivity contribution >= 4 is 35.4 Å². The van der Waals surface area contributed by atoms with E-state index >= 15 is 0 Å². The minimum Gasteiger partial charge on any atom is -0.338 e. The molecule has 0 radical (unpaired) electrons. The molecule has 2 saturated heterocycles. The van der Waals surface area contributed by atoms with E-state index in [-0.39, 0.29) is 65.8 Å². The molecular formula is C20H26N4O6. The van der Waals surface area contributed by atoms with Gasteiger partial charge in [-0.3, -0.25) is 39.0 Å². The van der Waals surface area contributed by atoms with Gasteiger partial charge in [-0.05, 0) is 38.5 Å². The normalized spacial score (nSPS) is 35.6. The quantitative estimate of drug-likeness (QED) is 0.391. The summed E-state index contributed by atoms with van der Waals surface area (Å²) in [5.74, 6) is -3.70. The molecule has 0 aromatic heterocycles. The number of hydrogen-bond acceptors (Lipinski definition) is 6. The monoisotopic (exact) mass is 418 g/mol. The van der Waals surface area contributed by atoms with E-state index in [1.165, 1.54) is 7.05 Å². The Bertz CT molecular complexity index is 826. The molecule has 6 atom stereocenters. The van der Waals surface area contributed by atoms with Crippen molar-refractivity contribution in [3.63, 3.8) is 0 Å². The molecule has 2 heterocycles. The summed E-state index contributed by atoms with van der Waals surface area (Å²) < 4.78 is 0. The Morgan fingerprint density at radius 2 is 1.30 bits per heavy atom. The van der Waals surface area contributed by atoms with Gasteiger partial charge in [-0.25, -0.2) is 0 Å². The number of amides is 6. The molecular weight excluding hydrogens is 392 g/mol. The molecule has 4 aliphatic rings. The highest BCUT2D eigenvalue weighted by atomic mass is 16.2. The van der Waals surface area contributed by atoms with Crippen LogP contribution in [0.2, 0.25) is 0 Å². The molecule has 2 aliphatic heterocycles. The molecule has 10 nitrogen and oxygen atoms in total. The van der Waals surface area contributed by atoms with E-state index < -0.39 is 11.8 Å². The van der Waals surface area contributed by atoms with Crippen LogP contribution in [0.5, 0.6) is 0 Å². The molecule has 6 amide bonds. The smallest absolute Gasteiger partial charge is 0.232 e. The van der Waals surface area contributed by atoms with E-state index in [0.29, 0.717) is 38.5 Å². The number of nitrogens with one attached hydrogen (secondary N) is 3. The first kappa shape index (κ1) is 20.5. The van der Waals surface area contributed by atoms with Gasteiger partial charge in [0.05, 0.1) is 30.3 Å². The lowest BCUT2D eigenvalue weighted by molar-refractivity contribution is -0.138. The van der Waals surface area contributed by atoms with Gasteiger partial charge in [0.25, 0.3) is 0 Å². The molecule has 162 valence electrons. The lowest BCUT2D eigenvalue weighted by atomic mass is 9.75. The number of likely N-dealkylation sites (tertiary alicyclic amines) is 1. The predicted molar refractivity (Wildman–Crippen MR) is 101 cm³/mol. The summed E-state index contributed by atoms with van der Waals surface area (Å²) in [5.41, 5.74) is 0. The number of fused-ring (bicyclic) bond motifs is 2. The van der Waals surface area contributed by atoms with Gasteiger partial charge in [-0.15, -0.1) is 0 Å². The first-order valence-corrected chi connectivity index (χ1v) is 10.5. The summed E-state index contributed by atoms with van der Waals surface area (Å²) >= 11 is 0. The fourth-order valence-corrected chi connectivity index (χ4v) is 5.41. The highest BCUT2D eigenvalue weighted by Crippen LogP contribution is 2.40. The van der Waals surface area contributed by atoms with Crippen molar-refractivity contribution in [2.24, 2.45) is 35.5 Å². The van der Waals surface area contributed by atoms with E-state index in [9.17, 15) is 28.8 Å². The summed E-state index contributed by atoms with van der Waals surface area (Å²) in [6.45, 7) is -0.0369. The zero-order valence-corrected chi connectivity index (χ0v) is 16.8. The molecule has 30 heavy (non-hydrogen) atoms. The van der Waals surface area contributed by atoms with E-state index in [1.807, 2.05) is 0 Å². The zero-order chi connectivity index (χ0) is 21.6. The average Bonchev–Trinajstić information content (AvgIpc) is 3.15. The Morgan fingerprint density at radius 1 is 0.800 bits per heavy atom. The largest absolute Gasteiger partial charge is 0.338 e. The fourth-order valence-electron chi connectivity index (χ4n) is 5.41. The molecule has 4 fully saturated rings. The average molecular weight is 418 g/mol. The number of hydrogen-bond donors (Lipinski definition) is 3. The van der Waals surface area contributed by atoms with Gasteiger partial charge < -0.3 is 10.6 Å². The molecule has 0 aromatic carbocycles. The minimum atomic E-state index is -0.448. The van der Waals surface area contributed by atoms with E-state index in [0.717, 1.165) is 4.90 Å². The van der Waals surface area contributed by atoms with Crippen LogP contribution < -0.4 is 16.0 Å². The van der Waals surface area contributed by atoms with Crippen molar-refractivity contribution in [3.8, 4) is 0 Å². The summed E-state index contributed by atoms with van der Waals surface area (Å²) in [7, 11) is 1.48. The van der Waals surface area contributed by atoms with Crippen molar-refractivity contribution in [3.05, 3.63) is 0 Å². The molecule has 2 saturated carbocycles. The second-order valence-electron chi connectivity index (χ2n) is 8.79. The van der Waals surface area contributed by atoms with Crippen LogP contribution in [0.25, 0.3) is 0 Å². The molecule has 0 aromatic rings. The molecule has 0 spiro atoms. The second-order valence-corrected chi connectivity index (χ2v) is 8.79. The van der Waals surface area contributed by atoms with Crippen LogP contribution in [0.4, 0.5) is 0 Å². The Kier molecular flexibility index (Phi) is 5.33. The van der Waals surface area contributed by atoms with Crippen LogP contribution in [0.3, 0.4) is 0 Å². The van der Waals surface area contributed by atoms with Gasteiger partial charge in [0.15, 0.2) is 0 Å². The maximum Gasteiger partial charge on any atom is 0.232 e. The minimum absolute atomic E-state index is 0.0369. The Morgan fingerprint density at radius 3 is 1.93 bits per heavy atom. The third kappa shape index (κ3) is 3.48. The van der Waals surface area contributed by atoms with Crippen LogP contribution in [0.1, 0.15) is 38.5 Å². The molecule has 2 aliphatic carbocycles. The number of carbonyl (C=O) groups is 6. The maximum atomic E-state index is 12.5. The predicted octanol–water partition coefficient (Wildman–Crippen LogP) is -1.10. The summed E-state index contributed by atoms with van der Waals surface area (Å²) in [5, 5.41) is 7.69. The highest BCUT2D eigenvalue weighted by Gasteiger charge is 2.50. The topological polar surface area (TPSA) is 142 Å². The van der Waals surface area contributed by atoms with Crippen LogP contribution in [0.15, 0.2) is 0 Å². The molecule has 0 bridgehead atoms. The molecule has 6 unspecified atom stereocenters. The Labute approximate surface area is 173 Å². The van der Waals surface area contributed by atoms with Crippen molar-refractivity contribution in [2.75, 3.05) is 13.7 Å². The fraction of sp³-hybridized carbons (Fsp3) is 0.700. The van der Waals surface area contributed by atoms with E-state index in [1.54, 1.807) is 0 Å². The lowest BCUT2D eigenvalue weighted by Crippen LogP contribution is -2.45. The second kappa shape index (κ2) is 7.81. The van der Waals surface area contributed by atoms with E-state index in [4.69, 9.17) is 0 Å². The van der Waals surface area contributed by atoms with Gasteiger partial charge in [-0.1, -0.05) is 0 Å². The van der Waals surface area contributed by atoms with Gasteiger partial charge >= 0.3 is 0 Å². The lowest BCUT2D eigenvalue weighted by Gasteiger charge is -2.29. The number of nitrogens with zero attached hydrogens (tertiary/aromatic N) is 1. The van der Waals surface area contributed by atoms with Gasteiger partial charge in [-0.2, -0.15) is 0 Å². The zero-order valence-electron chi connectivity index (χ0n) is 16.8. The van der Waals surface area contributed by atoms with Crippen LogP contribution in [0, 0.1) is 35.5 Å². The standard InChI is InChI=1S/C20H26N4O6/c1-24-19(29)12-5-3-10(7-14(12)20(24)30)16(26)22-8-21-15(25)9-2-4-11-13(6-9)18(28)23-17(11)27/h9-14H,2-8H2,1H3,(H,21,25)(H,22,26)(H,23,27,28). The van der Waals surface area contributed by atoms with Crippen LogP contribution >= 0.6 is 0 Å². The third-order valence-electron chi connectivity index (χ3n) is 7.18. The van der Waals surface area contributed by atoms with Crippen LogP contribution in [-0.2, 0) is 28.8 Å². The summed E-state index contributed by atoms with van der Waals surface area (Å²) in [6, 6.07) is 0. The molecule has 3 N–H and O–H groups in total. The first-order valence-electron chi connectivity index (χ1n) is 10.5. The van der Waals surface area contributed by atoms with Crippen molar-refractivity contribution in [2.45, 2.75) is 38.5 Å². The van der Waals surface area contributed by atoms with Gasteiger partial charge in [0, 0.05) is 18.9 Å². The number of imide groups is 2. The maximum absolute atomic E-state index is 12.5. The van der Waals surface area contributed by atoms with Crippen LogP contribution in [-0.4, -0.2) is 54.1 Å². The number of rotatable bonds is 4. The summed E-state index contributed by atoms with van der Waals surface area (Å²) in [4.78, 5) is 73.8. The SMILES string of the molecule is CN1C(=O)C2CCC(C(=O)NCNC(=O)C3CCC4C(=O)NC(=O)C4C3)CC2C1=O. The van der Waals surface area contributed by atoms with Crippen molar-refractivity contribution in [1.82, 2.24) is 20.9 Å². The number of carbonyl (C=O) groups excluding carboxylic acids is 6. The van der Waals surface area contributed by atoms with E-state index in [2.05, 4.69) is 16.0 Å². The summed E-state index contributed by atoms with van der Waals surface area (Å²) in [6.07, 6.45) is 2.74. The van der Waals surface area contributed by atoms with Gasteiger partial charge in [0.2, 0.25) is 35.4 Å². The van der Waals surface area contributed by atoms with Crippen molar-refractivity contribution in [1.29, 1.82) is 0 Å². The highest BCUT2D eigenvalue weighted by molar-refractivity contribution is 6.06. The Hall–Kier alpha value is -2.78. The molecule has 10 heteroatoms. The first-order chi connectivity index (χ1) is 14.3. The van der Waals surface area contributed by atoms with Crippen molar-refractivity contribution < 1.29 is 28.8 Å². The Balaban J connectivity index is 1.23. The van der Waals surface area contributed by atoms with Gasteiger partial charge in [0.1, 0.15) is 0 Å².